The van der Waals surface area contributed by atoms with Crippen LogP contribution < -0.4 is 4.74 Å². The number of benzene rings is 2. The zero-order valence-electron chi connectivity index (χ0n) is 18.6. The molecule has 3 rings (SSSR count). The summed E-state index contributed by atoms with van der Waals surface area (Å²) in [7, 11) is 1.61. The zero-order valence-corrected chi connectivity index (χ0v) is 18.6. The molecule has 0 aromatic heterocycles. The second-order valence-electron chi connectivity index (χ2n) is 7.85. The highest BCUT2D eigenvalue weighted by Crippen LogP contribution is 2.38. The highest BCUT2D eigenvalue weighted by molar-refractivity contribution is 5.97. The first-order chi connectivity index (χ1) is 15.3. The van der Waals surface area contributed by atoms with Crippen LogP contribution in [0.2, 0.25) is 0 Å². The monoisotopic (exact) mass is 440 g/mol. The van der Waals surface area contributed by atoms with E-state index in [1.807, 2.05) is 44.2 Å². The fraction of sp³-hybridized carbons (Fsp3) is 0.360. The number of ether oxygens (including phenoxy) is 3. The molecular formula is C25H28O7. The van der Waals surface area contributed by atoms with Crippen molar-refractivity contribution in [2.45, 2.75) is 52.9 Å². The molecule has 32 heavy (non-hydrogen) atoms. The number of carboxylic acids is 1. The summed E-state index contributed by atoms with van der Waals surface area (Å²) in [4.78, 5) is 23.0. The Labute approximate surface area is 187 Å². The van der Waals surface area contributed by atoms with Crippen molar-refractivity contribution in [2.75, 3.05) is 7.11 Å². The molecule has 7 nitrogen and oxygen atoms in total. The van der Waals surface area contributed by atoms with Crippen molar-refractivity contribution >= 4 is 11.9 Å². The van der Waals surface area contributed by atoms with Crippen molar-refractivity contribution in [3.63, 3.8) is 0 Å². The van der Waals surface area contributed by atoms with Gasteiger partial charge in [-0.1, -0.05) is 23.8 Å². The molecular weight excluding hydrogens is 412 g/mol. The van der Waals surface area contributed by atoms with Crippen LogP contribution in [0.25, 0.3) is 0 Å². The standard InChI is InChI=1S/C25H28O7/c1-15(5-11-22(26)27)4-10-19-20(13-31-12-17-6-8-18(30-3)9-7-17)16(2)21-14-32-25(29)23(21)24(19)28/h4,6-9,28H,5,10-14H2,1-3H3,(H,26,27). The first-order valence-corrected chi connectivity index (χ1v) is 10.4. The molecule has 2 aromatic rings. The topological polar surface area (TPSA) is 102 Å². The summed E-state index contributed by atoms with van der Waals surface area (Å²) >= 11 is 0. The van der Waals surface area contributed by atoms with Crippen LogP contribution in [0.15, 0.2) is 35.9 Å². The van der Waals surface area contributed by atoms with Gasteiger partial charge < -0.3 is 24.4 Å². The molecule has 0 radical (unpaired) electrons. The fourth-order valence-corrected chi connectivity index (χ4v) is 3.73. The van der Waals surface area contributed by atoms with E-state index in [-0.39, 0.29) is 30.9 Å². The molecule has 1 heterocycles. The lowest BCUT2D eigenvalue weighted by Gasteiger charge is -2.17. The van der Waals surface area contributed by atoms with Crippen LogP contribution >= 0.6 is 0 Å². The van der Waals surface area contributed by atoms with Crippen LogP contribution in [-0.2, 0) is 40.5 Å². The van der Waals surface area contributed by atoms with Gasteiger partial charge in [-0.2, -0.15) is 0 Å². The van der Waals surface area contributed by atoms with Gasteiger partial charge in [0.1, 0.15) is 23.7 Å². The van der Waals surface area contributed by atoms with Crippen LogP contribution in [0.4, 0.5) is 0 Å². The van der Waals surface area contributed by atoms with E-state index < -0.39 is 11.9 Å². The van der Waals surface area contributed by atoms with E-state index in [0.29, 0.717) is 30.6 Å². The maximum absolute atomic E-state index is 12.2. The number of esters is 1. The van der Waals surface area contributed by atoms with E-state index in [4.69, 9.17) is 19.3 Å². The lowest BCUT2D eigenvalue weighted by Crippen LogP contribution is -2.07. The first-order valence-electron chi connectivity index (χ1n) is 10.4. The van der Waals surface area contributed by atoms with E-state index >= 15 is 0 Å². The molecule has 0 amide bonds. The third-order valence-electron chi connectivity index (χ3n) is 5.71. The quantitative estimate of drug-likeness (QED) is 0.416. The molecule has 2 aromatic carbocycles. The molecule has 1 aliphatic rings. The third-order valence-corrected chi connectivity index (χ3v) is 5.71. The van der Waals surface area contributed by atoms with E-state index in [1.165, 1.54) is 0 Å². The Bertz CT molecular complexity index is 1040. The predicted octanol–water partition coefficient (Wildman–Crippen LogP) is 4.45. The lowest BCUT2D eigenvalue weighted by atomic mass is 9.90. The molecule has 1 aliphatic heterocycles. The highest BCUT2D eigenvalue weighted by atomic mass is 16.5. The number of carbonyl (C=O) groups excluding carboxylic acids is 1. The Kier molecular flexibility index (Phi) is 7.53. The lowest BCUT2D eigenvalue weighted by molar-refractivity contribution is -0.136. The summed E-state index contributed by atoms with van der Waals surface area (Å²) in [5.74, 6) is -0.702. The molecule has 0 saturated heterocycles. The maximum atomic E-state index is 12.2. The summed E-state index contributed by atoms with van der Waals surface area (Å²) in [6, 6.07) is 7.58. The Morgan fingerprint density at radius 3 is 2.53 bits per heavy atom. The smallest absolute Gasteiger partial charge is 0.342 e. The number of aromatic hydroxyl groups is 1. The third kappa shape index (κ3) is 5.29. The molecule has 7 heteroatoms. The number of methoxy groups -OCH3 is 1. The number of hydrogen-bond donors (Lipinski definition) is 2. The maximum Gasteiger partial charge on any atom is 0.342 e. The van der Waals surface area contributed by atoms with E-state index in [2.05, 4.69) is 0 Å². The van der Waals surface area contributed by atoms with Gasteiger partial charge in [0.2, 0.25) is 0 Å². The Balaban J connectivity index is 1.84. The molecule has 0 saturated carbocycles. The fourth-order valence-electron chi connectivity index (χ4n) is 3.73. The van der Waals surface area contributed by atoms with Crippen molar-refractivity contribution in [3.8, 4) is 11.5 Å². The SMILES string of the molecule is COc1ccc(COCc2c(C)c3c(c(O)c2CC=C(C)CCC(=O)O)C(=O)OC3)cc1. The first kappa shape index (κ1) is 23.3. The Hall–Kier alpha value is -3.32. The minimum Gasteiger partial charge on any atom is -0.507 e. The molecule has 0 spiro atoms. The summed E-state index contributed by atoms with van der Waals surface area (Å²) in [6.45, 7) is 4.52. The number of carbonyl (C=O) groups is 2. The molecule has 0 bridgehead atoms. The number of carboxylic acid groups (broad SMARTS) is 1. The van der Waals surface area contributed by atoms with Gasteiger partial charge in [0.25, 0.3) is 0 Å². The average Bonchev–Trinajstić information content (AvgIpc) is 3.17. The highest BCUT2D eigenvalue weighted by Gasteiger charge is 2.31. The molecule has 0 fully saturated rings. The summed E-state index contributed by atoms with van der Waals surface area (Å²) < 4.78 is 16.3. The normalized spacial score (nSPS) is 13.1. The predicted molar refractivity (Wildman–Crippen MR) is 118 cm³/mol. The summed E-state index contributed by atoms with van der Waals surface area (Å²) in [6.07, 6.45) is 2.71. The van der Waals surface area contributed by atoms with Gasteiger partial charge in [-0.15, -0.1) is 0 Å². The van der Waals surface area contributed by atoms with Crippen LogP contribution in [0.5, 0.6) is 11.5 Å². The van der Waals surface area contributed by atoms with Crippen molar-refractivity contribution in [3.05, 3.63) is 69.3 Å². The molecule has 0 aliphatic carbocycles. The van der Waals surface area contributed by atoms with Crippen LogP contribution in [-0.4, -0.2) is 29.3 Å². The number of fused-ring (bicyclic) bond motifs is 1. The molecule has 170 valence electrons. The van der Waals surface area contributed by atoms with Gasteiger partial charge in [-0.05, 0) is 55.5 Å². The Morgan fingerprint density at radius 2 is 1.88 bits per heavy atom. The number of rotatable bonds is 10. The van der Waals surface area contributed by atoms with Crippen LogP contribution in [0.1, 0.15) is 57.9 Å². The number of phenolic OH excluding ortho intramolecular Hbond substituents is 1. The van der Waals surface area contributed by atoms with Gasteiger partial charge in [-0.25, -0.2) is 4.79 Å². The number of hydrogen-bond acceptors (Lipinski definition) is 6. The van der Waals surface area contributed by atoms with E-state index in [9.17, 15) is 14.7 Å². The van der Waals surface area contributed by atoms with Gasteiger partial charge in [-0.3, -0.25) is 4.79 Å². The second-order valence-corrected chi connectivity index (χ2v) is 7.85. The summed E-state index contributed by atoms with van der Waals surface area (Å²) in [5.41, 5.74) is 5.07. The van der Waals surface area contributed by atoms with Crippen molar-refractivity contribution < 1.29 is 34.0 Å². The zero-order chi connectivity index (χ0) is 23.3. The Morgan fingerprint density at radius 1 is 1.16 bits per heavy atom. The largest absolute Gasteiger partial charge is 0.507 e. The van der Waals surface area contributed by atoms with Crippen LogP contribution in [0.3, 0.4) is 0 Å². The van der Waals surface area contributed by atoms with Crippen molar-refractivity contribution in [1.29, 1.82) is 0 Å². The minimum atomic E-state index is -0.857. The molecule has 0 atom stereocenters. The molecule has 2 N–H and O–H groups in total. The van der Waals surface area contributed by atoms with E-state index in [0.717, 1.165) is 28.0 Å². The van der Waals surface area contributed by atoms with Crippen molar-refractivity contribution in [2.24, 2.45) is 0 Å². The second kappa shape index (κ2) is 10.3. The number of phenols is 1. The number of allylic oxidation sites excluding steroid dienone is 2. The average molecular weight is 440 g/mol. The number of cyclic esters (lactones) is 1. The minimum absolute atomic E-state index is 0.0433. The van der Waals surface area contributed by atoms with E-state index in [1.54, 1.807) is 7.11 Å². The van der Waals surface area contributed by atoms with Gasteiger partial charge in [0, 0.05) is 17.5 Å². The van der Waals surface area contributed by atoms with Crippen LogP contribution in [0, 0.1) is 6.92 Å². The van der Waals surface area contributed by atoms with Gasteiger partial charge in [0.15, 0.2) is 0 Å². The van der Waals surface area contributed by atoms with Gasteiger partial charge in [0.05, 0.1) is 20.3 Å². The van der Waals surface area contributed by atoms with Gasteiger partial charge >= 0.3 is 11.9 Å². The number of aliphatic carboxylic acids is 1. The summed E-state index contributed by atoms with van der Waals surface area (Å²) in [5, 5.41) is 19.8. The van der Waals surface area contributed by atoms with Crippen molar-refractivity contribution in [1.82, 2.24) is 0 Å². The molecule has 0 unspecified atom stereocenters.